The Balaban J connectivity index is 0.000000208. The summed E-state index contributed by atoms with van der Waals surface area (Å²) in [6, 6.07) is 10.7. The smallest absolute Gasteiger partial charge is 0.312 e. The van der Waals surface area contributed by atoms with Gasteiger partial charge in [-0.3, -0.25) is 9.35 Å². The lowest BCUT2D eigenvalue weighted by atomic mass is 10.2. The van der Waals surface area contributed by atoms with Crippen LogP contribution in [0, 0.1) is 6.92 Å². The molecule has 1 aliphatic rings. The van der Waals surface area contributed by atoms with Crippen LogP contribution in [0.25, 0.3) is 0 Å². The van der Waals surface area contributed by atoms with E-state index in [0.717, 1.165) is 24.1 Å². The van der Waals surface area contributed by atoms with Gasteiger partial charge in [0.2, 0.25) is 5.91 Å². The summed E-state index contributed by atoms with van der Waals surface area (Å²) in [6.07, 6.45) is -3.09. The van der Waals surface area contributed by atoms with Crippen LogP contribution in [0.15, 0.2) is 53.4 Å². The lowest BCUT2D eigenvalue weighted by Crippen LogP contribution is -2.23. The monoisotopic (exact) mass is 401 g/mol. The average molecular weight is 401 g/mol. The second-order valence-corrected chi connectivity index (χ2v) is 7.40. The Morgan fingerprint density at radius 1 is 1.00 bits per heavy atom. The van der Waals surface area contributed by atoms with Crippen LogP contribution in [0.5, 0.6) is 0 Å². The van der Waals surface area contributed by atoms with E-state index in [1.54, 1.807) is 12.1 Å². The minimum atomic E-state index is -4.33. The first-order valence-corrected chi connectivity index (χ1v) is 9.44. The highest BCUT2D eigenvalue weighted by molar-refractivity contribution is 7.85. The molecule has 0 aliphatic carbocycles. The number of carbonyl (C=O) groups excluding carboxylic acids is 1. The second-order valence-electron chi connectivity index (χ2n) is 5.98. The van der Waals surface area contributed by atoms with E-state index in [4.69, 9.17) is 4.55 Å². The maximum atomic E-state index is 12.3. The molecule has 0 unspecified atom stereocenters. The van der Waals surface area contributed by atoms with Crippen molar-refractivity contribution in [1.82, 2.24) is 0 Å². The predicted molar refractivity (Wildman–Crippen MR) is 94.0 cm³/mol. The van der Waals surface area contributed by atoms with Crippen LogP contribution in [0.1, 0.15) is 24.0 Å². The normalized spacial score (nSPS) is 14.7. The van der Waals surface area contributed by atoms with Crippen molar-refractivity contribution in [3.63, 3.8) is 0 Å². The molecule has 0 aromatic heterocycles. The summed E-state index contributed by atoms with van der Waals surface area (Å²) in [6.45, 7) is 2.43. The van der Waals surface area contributed by atoms with E-state index in [1.807, 2.05) is 6.92 Å². The van der Waals surface area contributed by atoms with Gasteiger partial charge < -0.3 is 4.90 Å². The lowest BCUT2D eigenvalue weighted by molar-refractivity contribution is -0.137. The summed E-state index contributed by atoms with van der Waals surface area (Å²) in [5.41, 5.74) is 0.802. The van der Waals surface area contributed by atoms with Gasteiger partial charge in [0.25, 0.3) is 10.1 Å². The highest BCUT2D eigenvalue weighted by atomic mass is 32.2. The third-order valence-corrected chi connectivity index (χ3v) is 4.77. The summed E-state index contributed by atoms with van der Waals surface area (Å²) < 4.78 is 66.4. The Hall–Kier alpha value is -2.39. The molecule has 0 atom stereocenters. The highest BCUT2D eigenvalue weighted by Gasteiger charge is 2.30. The van der Waals surface area contributed by atoms with Gasteiger partial charge in [0, 0.05) is 18.7 Å². The van der Waals surface area contributed by atoms with E-state index in [9.17, 15) is 26.4 Å². The summed E-state index contributed by atoms with van der Waals surface area (Å²) in [5, 5.41) is 0. The lowest BCUT2D eigenvalue weighted by Gasteiger charge is -2.16. The van der Waals surface area contributed by atoms with Crippen LogP contribution in [0.3, 0.4) is 0 Å². The number of anilines is 1. The summed E-state index contributed by atoms with van der Waals surface area (Å²) in [5.74, 6) is -0.0280. The molecule has 3 rings (SSSR count). The zero-order valence-electron chi connectivity index (χ0n) is 14.4. The molecule has 1 heterocycles. The van der Waals surface area contributed by atoms with Gasteiger partial charge in [-0.2, -0.15) is 21.6 Å². The molecule has 146 valence electrons. The third-order valence-electron chi connectivity index (χ3n) is 3.90. The van der Waals surface area contributed by atoms with E-state index < -0.39 is 21.9 Å². The number of amides is 1. The largest absolute Gasteiger partial charge is 0.416 e. The topological polar surface area (TPSA) is 74.7 Å². The van der Waals surface area contributed by atoms with Crippen molar-refractivity contribution in [2.75, 3.05) is 11.4 Å². The number of aryl methyl sites for hydroxylation is 1. The second kappa shape index (κ2) is 8.10. The minimum absolute atomic E-state index is 0.0280. The predicted octanol–water partition coefficient (Wildman–Crippen LogP) is 4.07. The molecular formula is C18H18F3NO4S. The fourth-order valence-electron chi connectivity index (χ4n) is 2.46. The molecule has 27 heavy (non-hydrogen) atoms. The van der Waals surface area contributed by atoms with Crippen LogP contribution in [-0.4, -0.2) is 25.4 Å². The zero-order valence-corrected chi connectivity index (χ0v) is 15.2. The van der Waals surface area contributed by atoms with Gasteiger partial charge in [0.05, 0.1) is 10.5 Å². The quantitative estimate of drug-likeness (QED) is 0.770. The number of rotatable bonds is 2. The zero-order chi connectivity index (χ0) is 20.2. The molecule has 2 aromatic rings. The van der Waals surface area contributed by atoms with Crippen molar-refractivity contribution in [3.05, 3.63) is 59.7 Å². The Morgan fingerprint density at radius 3 is 1.96 bits per heavy atom. The van der Waals surface area contributed by atoms with Gasteiger partial charge in [-0.25, -0.2) is 0 Å². The molecular weight excluding hydrogens is 383 g/mol. The first kappa shape index (κ1) is 20.9. The average Bonchev–Trinajstić information content (AvgIpc) is 3.00. The van der Waals surface area contributed by atoms with Crippen LogP contribution in [0.4, 0.5) is 18.9 Å². The van der Waals surface area contributed by atoms with Gasteiger partial charge >= 0.3 is 6.18 Å². The van der Waals surface area contributed by atoms with Crippen molar-refractivity contribution >= 4 is 21.7 Å². The van der Waals surface area contributed by atoms with Crippen molar-refractivity contribution in [2.24, 2.45) is 0 Å². The Bertz CT molecular complexity index is 892. The maximum absolute atomic E-state index is 12.3. The molecule has 1 N–H and O–H groups in total. The fourth-order valence-corrected chi connectivity index (χ4v) is 2.94. The molecule has 0 saturated carbocycles. The number of carbonyl (C=O) groups is 1. The maximum Gasteiger partial charge on any atom is 0.416 e. The first-order chi connectivity index (χ1) is 12.5. The molecule has 0 bridgehead atoms. The molecule has 0 radical (unpaired) electrons. The minimum Gasteiger partial charge on any atom is -0.312 e. The third kappa shape index (κ3) is 5.80. The van der Waals surface area contributed by atoms with Crippen LogP contribution in [-0.2, 0) is 21.1 Å². The molecule has 1 amide bonds. The number of nitrogens with zero attached hydrogens (tertiary/aromatic N) is 1. The molecule has 0 spiro atoms. The number of alkyl halides is 3. The highest BCUT2D eigenvalue weighted by Crippen LogP contribution is 2.31. The number of hydrogen-bond donors (Lipinski definition) is 1. The van der Waals surface area contributed by atoms with Crippen LogP contribution in [0.2, 0.25) is 0 Å². The van der Waals surface area contributed by atoms with E-state index in [0.29, 0.717) is 18.7 Å². The molecule has 9 heteroatoms. The molecule has 1 aliphatic heterocycles. The van der Waals surface area contributed by atoms with Gasteiger partial charge in [-0.15, -0.1) is 0 Å². The van der Waals surface area contributed by atoms with Gasteiger partial charge in [-0.05, 0) is 49.7 Å². The van der Waals surface area contributed by atoms with Crippen LogP contribution >= 0.6 is 0 Å². The first-order valence-electron chi connectivity index (χ1n) is 8.00. The molecule has 2 aromatic carbocycles. The summed E-state index contributed by atoms with van der Waals surface area (Å²) in [7, 11) is -4.02. The van der Waals surface area contributed by atoms with Crippen LogP contribution < -0.4 is 4.90 Å². The fraction of sp³-hybridized carbons (Fsp3) is 0.278. The molecule has 5 nitrogen and oxygen atoms in total. The number of benzene rings is 2. The Kier molecular flexibility index (Phi) is 6.27. The van der Waals surface area contributed by atoms with Gasteiger partial charge in [0.15, 0.2) is 0 Å². The van der Waals surface area contributed by atoms with Gasteiger partial charge in [0.1, 0.15) is 0 Å². The van der Waals surface area contributed by atoms with Gasteiger partial charge in [-0.1, -0.05) is 17.7 Å². The van der Waals surface area contributed by atoms with E-state index in [-0.39, 0.29) is 10.8 Å². The van der Waals surface area contributed by atoms with Crippen molar-refractivity contribution in [3.8, 4) is 0 Å². The number of hydrogen-bond acceptors (Lipinski definition) is 3. The standard InChI is InChI=1S/C11H10F3NO.C7H8O3S/c12-11(13,14)8-3-5-9(6-4-8)15-7-1-2-10(15)16;1-6-2-4-7(5-3-6)11(8,9)10/h3-6H,1-2,7H2;2-5H,1H3,(H,8,9,10). The van der Waals surface area contributed by atoms with Crippen molar-refractivity contribution in [2.45, 2.75) is 30.8 Å². The summed E-state index contributed by atoms with van der Waals surface area (Å²) in [4.78, 5) is 12.8. The van der Waals surface area contributed by atoms with E-state index in [2.05, 4.69) is 0 Å². The van der Waals surface area contributed by atoms with Crippen molar-refractivity contribution < 1.29 is 30.9 Å². The SMILES string of the molecule is Cc1ccc(S(=O)(=O)O)cc1.O=C1CCCN1c1ccc(C(F)(F)F)cc1. The van der Waals surface area contributed by atoms with E-state index in [1.165, 1.54) is 29.2 Å². The van der Waals surface area contributed by atoms with Crippen molar-refractivity contribution in [1.29, 1.82) is 0 Å². The van der Waals surface area contributed by atoms with E-state index >= 15 is 0 Å². The molecule has 1 saturated heterocycles. The Labute approximate surface area is 155 Å². The summed E-state index contributed by atoms with van der Waals surface area (Å²) >= 11 is 0. The number of halogens is 3. The molecule has 1 fully saturated rings. The Morgan fingerprint density at radius 2 is 1.56 bits per heavy atom.